The molecule has 0 bridgehead atoms. The standard InChI is InChI=1S/C18H12ClF3N4/c19-14-4-2-1-3-12(14)17-13-9-11(18(20,21)22)5-6-15(13)26-10-24-25-16(26)7-8-23-17/h1-6,9-10H,7-8H2/b23-17-. The highest BCUT2D eigenvalue weighted by molar-refractivity contribution is 6.35. The molecule has 1 aliphatic rings. The SMILES string of the molecule is FC(F)(F)c1ccc2c(c1)/C(c1ccccc1Cl)=N\CCc1nncn1-2. The minimum Gasteiger partial charge on any atom is -0.285 e. The zero-order valence-electron chi connectivity index (χ0n) is 13.3. The molecule has 0 saturated carbocycles. The van der Waals surface area contributed by atoms with E-state index < -0.39 is 11.7 Å². The average molecular weight is 377 g/mol. The first-order valence-electron chi connectivity index (χ1n) is 7.85. The third kappa shape index (κ3) is 2.88. The van der Waals surface area contributed by atoms with E-state index in [4.69, 9.17) is 11.6 Å². The zero-order valence-corrected chi connectivity index (χ0v) is 14.1. The van der Waals surface area contributed by atoms with Gasteiger partial charge in [-0.1, -0.05) is 29.8 Å². The molecule has 0 aliphatic carbocycles. The van der Waals surface area contributed by atoms with Gasteiger partial charge in [0.1, 0.15) is 12.2 Å². The smallest absolute Gasteiger partial charge is 0.285 e. The summed E-state index contributed by atoms with van der Waals surface area (Å²) in [5, 5.41) is 8.36. The van der Waals surface area contributed by atoms with Crippen LogP contribution in [0.3, 0.4) is 0 Å². The van der Waals surface area contributed by atoms with Crippen LogP contribution < -0.4 is 0 Å². The van der Waals surface area contributed by atoms with Crippen molar-refractivity contribution in [1.29, 1.82) is 0 Å². The Morgan fingerprint density at radius 3 is 2.62 bits per heavy atom. The number of fused-ring (bicyclic) bond motifs is 3. The fourth-order valence-electron chi connectivity index (χ4n) is 2.98. The Hall–Kier alpha value is -2.67. The number of halogens is 4. The molecular formula is C18H12ClF3N4. The van der Waals surface area contributed by atoms with E-state index in [1.807, 2.05) is 0 Å². The van der Waals surface area contributed by atoms with Gasteiger partial charge in [-0.3, -0.25) is 9.56 Å². The maximum absolute atomic E-state index is 13.3. The van der Waals surface area contributed by atoms with Crippen LogP contribution in [0.2, 0.25) is 5.02 Å². The number of alkyl halides is 3. The molecule has 0 amide bonds. The van der Waals surface area contributed by atoms with Crippen LogP contribution in [0.4, 0.5) is 13.2 Å². The molecule has 0 saturated heterocycles. The van der Waals surface area contributed by atoms with Crippen molar-refractivity contribution in [3.63, 3.8) is 0 Å². The molecule has 3 aromatic rings. The third-order valence-corrected chi connectivity index (χ3v) is 4.52. The highest BCUT2D eigenvalue weighted by Gasteiger charge is 2.32. The highest BCUT2D eigenvalue weighted by Crippen LogP contribution is 2.34. The second-order valence-corrected chi connectivity index (χ2v) is 6.21. The van der Waals surface area contributed by atoms with Crippen LogP contribution >= 0.6 is 11.6 Å². The summed E-state index contributed by atoms with van der Waals surface area (Å²) in [6.45, 7) is 0.370. The molecular weight excluding hydrogens is 365 g/mol. The van der Waals surface area contributed by atoms with E-state index in [1.165, 1.54) is 12.4 Å². The highest BCUT2D eigenvalue weighted by atomic mass is 35.5. The third-order valence-electron chi connectivity index (χ3n) is 4.19. The van der Waals surface area contributed by atoms with Crippen molar-refractivity contribution < 1.29 is 13.2 Å². The molecule has 8 heteroatoms. The predicted octanol–water partition coefficient (Wildman–Crippen LogP) is 4.33. The molecule has 132 valence electrons. The van der Waals surface area contributed by atoms with Crippen LogP contribution in [0.25, 0.3) is 5.69 Å². The van der Waals surface area contributed by atoms with Crippen molar-refractivity contribution in [1.82, 2.24) is 14.8 Å². The van der Waals surface area contributed by atoms with E-state index in [0.29, 0.717) is 46.3 Å². The summed E-state index contributed by atoms with van der Waals surface area (Å²) in [7, 11) is 0. The number of hydrogen-bond acceptors (Lipinski definition) is 3. The van der Waals surface area contributed by atoms with Gasteiger partial charge in [0.25, 0.3) is 0 Å². The number of aliphatic imine (C=N–C) groups is 1. The van der Waals surface area contributed by atoms with E-state index in [2.05, 4.69) is 15.2 Å². The van der Waals surface area contributed by atoms with E-state index in [-0.39, 0.29) is 0 Å². The van der Waals surface area contributed by atoms with Crippen LogP contribution in [0, 0.1) is 0 Å². The van der Waals surface area contributed by atoms with Crippen molar-refractivity contribution in [3.8, 4) is 5.69 Å². The summed E-state index contributed by atoms with van der Waals surface area (Å²) in [5.74, 6) is 0.646. The Morgan fingerprint density at radius 2 is 1.85 bits per heavy atom. The van der Waals surface area contributed by atoms with Crippen LogP contribution in [-0.2, 0) is 12.6 Å². The van der Waals surface area contributed by atoms with Crippen LogP contribution in [0.5, 0.6) is 0 Å². The lowest BCUT2D eigenvalue weighted by atomic mass is 9.97. The molecule has 1 aliphatic heterocycles. The summed E-state index contributed by atoms with van der Waals surface area (Å²) in [6, 6.07) is 10.6. The van der Waals surface area contributed by atoms with Gasteiger partial charge in [-0.05, 0) is 24.3 Å². The van der Waals surface area contributed by atoms with E-state index in [1.54, 1.807) is 28.8 Å². The Labute approximate surface area is 152 Å². The fraction of sp³-hybridized carbons (Fsp3) is 0.167. The number of nitrogens with zero attached hydrogens (tertiary/aromatic N) is 4. The van der Waals surface area contributed by atoms with Gasteiger partial charge in [0.15, 0.2) is 0 Å². The van der Waals surface area contributed by atoms with Crippen molar-refractivity contribution in [2.24, 2.45) is 4.99 Å². The number of rotatable bonds is 1. The van der Waals surface area contributed by atoms with Crippen LogP contribution in [0.1, 0.15) is 22.5 Å². The number of aromatic nitrogens is 3. The predicted molar refractivity (Wildman–Crippen MR) is 92.0 cm³/mol. The number of hydrogen-bond donors (Lipinski definition) is 0. The minimum atomic E-state index is -4.46. The van der Waals surface area contributed by atoms with Gasteiger partial charge in [-0.2, -0.15) is 13.2 Å². The minimum absolute atomic E-state index is 0.341. The first kappa shape index (κ1) is 16.8. The summed E-state index contributed by atoms with van der Waals surface area (Å²) < 4.78 is 41.6. The maximum Gasteiger partial charge on any atom is 0.416 e. The molecule has 0 spiro atoms. The van der Waals surface area contributed by atoms with Gasteiger partial charge in [0.05, 0.1) is 17.0 Å². The topological polar surface area (TPSA) is 43.1 Å². The van der Waals surface area contributed by atoms with Gasteiger partial charge >= 0.3 is 6.18 Å². The molecule has 26 heavy (non-hydrogen) atoms. The molecule has 0 radical (unpaired) electrons. The molecule has 1 aromatic heterocycles. The monoisotopic (exact) mass is 376 g/mol. The molecule has 4 nitrogen and oxygen atoms in total. The van der Waals surface area contributed by atoms with Crippen molar-refractivity contribution in [2.75, 3.05) is 6.54 Å². The summed E-state index contributed by atoms with van der Waals surface area (Å²) in [4.78, 5) is 4.54. The Morgan fingerprint density at radius 1 is 1.04 bits per heavy atom. The Bertz CT molecular complexity index is 1010. The first-order chi connectivity index (χ1) is 12.4. The molecule has 0 fully saturated rings. The summed E-state index contributed by atoms with van der Waals surface area (Å²) in [5.41, 5.74) is 1.15. The van der Waals surface area contributed by atoms with Crippen LogP contribution in [0.15, 0.2) is 53.8 Å². The molecule has 0 unspecified atom stereocenters. The second kappa shape index (κ2) is 6.25. The van der Waals surface area contributed by atoms with Gasteiger partial charge < -0.3 is 0 Å². The maximum atomic E-state index is 13.3. The molecule has 4 rings (SSSR count). The van der Waals surface area contributed by atoms with Crippen molar-refractivity contribution >= 4 is 17.3 Å². The van der Waals surface area contributed by atoms with Crippen molar-refractivity contribution in [3.05, 3.63) is 76.3 Å². The summed E-state index contributed by atoms with van der Waals surface area (Å²) in [6.07, 6.45) is -2.44. The lowest BCUT2D eigenvalue weighted by Gasteiger charge is -2.19. The lowest BCUT2D eigenvalue weighted by molar-refractivity contribution is -0.137. The van der Waals surface area contributed by atoms with E-state index >= 15 is 0 Å². The first-order valence-corrected chi connectivity index (χ1v) is 8.23. The van der Waals surface area contributed by atoms with E-state index in [0.717, 1.165) is 12.1 Å². The lowest BCUT2D eigenvalue weighted by Crippen LogP contribution is -2.17. The average Bonchev–Trinajstić information content (AvgIpc) is 3.04. The molecule has 0 atom stereocenters. The van der Waals surface area contributed by atoms with Gasteiger partial charge in [-0.25, -0.2) is 0 Å². The normalized spacial score (nSPS) is 16.1. The largest absolute Gasteiger partial charge is 0.416 e. The molecule has 2 aromatic carbocycles. The van der Waals surface area contributed by atoms with Gasteiger partial charge in [0, 0.05) is 29.1 Å². The molecule has 2 heterocycles. The molecule has 0 N–H and O–H groups in total. The Kier molecular flexibility index (Phi) is 4.03. The number of benzene rings is 2. The van der Waals surface area contributed by atoms with E-state index in [9.17, 15) is 13.2 Å². The van der Waals surface area contributed by atoms with Gasteiger partial charge in [-0.15, -0.1) is 10.2 Å². The quantitative estimate of drug-likeness (QED) is 0.634. The summed E-state index contributed by atoms with van der Waals surface area (Å²) >= 11 is 6.29. The second-order valence-electron chi connectivity index (χ2n) is 5.81. The van der Waals surface area contributed by atoms with Crippen LogP contribution in [-0.4, -0.2) is 27.0 Å². The van der Waals surface area contributed by atoms with Gasteiger partial charge in [0.2, 0.25) is 0 Å². The fourth-order valence-corrected chi connectivity index (χ4v) is 3.20. The Balaban J connectivity index is 2.00. The van der Waals surface area contributed by atoms with Crippen molar-refractivity contribution in [2.45, 2.75) is 12.6 Å². The zero-order chi connectivity index (χ0) is 18.3.